The molecule has 0 radical (unpaired) electrons. The molecule has 0 aromatic heterocycles. The number of nitro groups is 1. The summed E-state index contributed by atoms with van der Waals surface area (Å²) in [5.41, 5.74) is 4.70. The van der Waals surface area contributed by atoms with Gasteiger partial charge in [0.25, 0.3) is 17.5 Å². The van der Waals surface area contributed by atoms with Crippen molar-refractivity contribution in [3.05, 3.63) is 65.5 Å². The molecule has 0 unspecified atom stereocenters. The van der Waals surface area contributed by atoms with Crippen LogP contribution in [0, 0.1) is 17.0 Å². The highest BCUT2D eigenvalue weighted by atomic mass is 79.9. The van der Waals surface area contributed by atoms with Crippen molar-refractivity contribution in [1.82, 2.24) is 10.9 Å². The fourth-order valence-electron chi connectivity index (χ4n) is 2.04. The Labute approximate surface area is 175 Å². The summed E-state index contributed by atoms with van der Waals surface area (Å²) in [6, 6.07) is 7.15. The topological polar surface area (TPSA) is 111 Å². The molecule has 0 aliphatic heterocycles. The van der Waals surface area contributed by atoms with E-state index < -0.39 is 22.4 Å². The molecule has 0 fully saturated rings. The van der Waals surface area contributed by atoms with E-state index in [4.69, 9.17) is 16.3 Å². The zero-order valence-electron chi connectivity index (χ0n) is 13.7. The van der Waals surface area contributed by atoms with Crippen LogP contribution >= 0.6 is 43.5 Å². The highest BCUT2D eigenvalue weighted by molar-refractivity contribution is 9.11. The Kier molecular flexibility index (Phi) is 7.17. The second-order valence-corrected chi connectivity index (χ2v) is 7.43. The van der Waals surface area contributed by atoms with Gasteiger partial charge in [0.2, 0.25) is 0 Å². The highest BCUT2D eigenvalue weighted by Crippen LogP contribution is 2.32. The van der Waals surface area contributed by atoms with Gasteiger partial charge in [0.15, 0.2) is 6.61 Å². The molecule has 0 heterocycles. The number of amides is 2. The van der Waals surface area contributed by atoms with Crippen LogP contribution in [0.25, 0.3) is 0 Å². The van der Waals surface area contributed by atoms with Gasteiger partial charge >= 0.3 is 0 Å². The minimum atomic E-state index is -0.732. The first-order chi connectivity index (χ1) is 12.7. The molecule has 0 saturated heterocycles. The maximum Gasteiger partial charge on any atom is 0.288 e. The highest BCUT2D eigenvalue weighted by Gasteiger charge is 2.17. The molecule has 2 rings (SSSR count). The molecule has 2 aromatic carbocycles. The van der Waals surface area contributed by atoms with E-state index in [2.05, 4.69) is 42.7 Å². The van der Waals surface area contributed by atoms with Gasteiger partial charge in [-0.3, -0.25) is 30.6 Å². The lowest BCUT2D eigenvalue weighted by molar-refractivity contribution is -0.384. The summed E-state index contributed by atoms with van der Waals surface area (Å²) in [5, 5.41) is 10.8. The van der Waals surface area contributed by atoms with Crippen LogP contribution in [0.5, 0.6) is 5.75 Å². The second kappa shape index (κ2) is 9.16. The smallest absolute Gasteiger partial charge is 0.288 e. The SMILES string of the molecule is Cc1cc(Br)cc(Br)c1OCC(=O)NNC(=O)c1ccc(Cl)c([N+](=O)[O-])c1. The lowest BCUT2D eigenvalue weighted by Crippen LogP contribution is -2.43. The number of nitrogens with zero attached hydrogens (tertiary/aromatic N) is 1. The lowest BCUT2D eigenvalue weighted by Gasteiger charge is -2.12. The maximum atomic E-state index is 12.0. The number of nitro benzene ring substituents is 1. The Hall–Kier alpha value is -2.17. The summed E-state index contributed by atoms with van der Waals surface area (Å²) in [5.74, 6) is -0.849. The fraction of sp³-hybridized carbons (Fsp3) is 0.125. The second-order valence-electron chi connectivity index (χ2n) is 5.25. The average Bonchev–Trinajstić information content (AvgIpc) is 2.58. The first-order valence-electron chi connectivity index (χ1n) is 7.30. The van der Waals surface area contributed by atoms with Gasteiger partial charge in [0.1, 0.15) is 10.8 Å². The normalized spacial score (nSPS) is 10.2. The minimum Gasteiger partial charge on any atom is -0.482 e. The molecule has 8 nitrogen and oxygen atoms in total. The third kappa shape index (κ3) is 5.65. The molecule has 0 spiro atoms. The molecule has 2 N–H and O–H groups in total. The van der Waals surface area contributed by atoms with E-state index in [0.29, 0.717) is 10.2 Å². The molecule has 0 aliphatic rings. The van der Waals surface area contributed by atoms with Crippen LogP contribution in [0.1, 0.15) is 15.9 Å². The van der Waals surface area contributed by atoms with Crippen molar-refractivity contribution >= 4 is 61.0 Å². The van der Waals surface area contributed by atoms with Crippen molar-refractivity contribution in [3.8, 4) is 5.75 Å². The Morgan fingerprint density at radius 2 is 1.93 bits per heavy atom. The third-order valence-electron chi connectivity index (χ3n) is 3.26. The van der Waals surface area contributed by atoms with Crippen molar-refractivity contribution < 1.29 is 19.2 Å². The van der Waals surface area contributed by atoms with Crippen LogP contribution in [-0.4, -0.2) is 23.3 Å². The van der Waals surface area contributed by atoms with Crippen LogP contribution in [0.4, 0.5) is 5.69 Å². The number of nitrogens with one attached hydrogen (secondary N) is 2. The van der Waals surface area contributed by atoms with E-state index in [-0.39, 0.29) is 17.2 Å². The monoisotopic (exact) mass is 519 g/mol. The lowest BCUT2D eigenvalue weighted by atomic mass is 10.2. The Morgan fingerprint density at radius 1 is 1.22 bits per heavy atom. The van der Waals surface area contributed by atoms with Gasteiger partial charge < -0.3 is 4.74 Å². The Morgan fingerprint density at radius 3 is 2.56 bits per heavy atom. The predicted molar refractivity (Wildman–Crippen MR) is 106 cm³/mol. The molecule has 0 aliphatic carbocycles. The minimum absolute atomic E-state index is 0.0289. The summed E-state index contributed by atoms with van der Waals surface area (Å²) >= 11 is 12.4. The van der Waals surface area contributed by atoms with Crippen molar-refractivity contribution in [2.45, 2.75) is 6.92 Å². The first-order valence-corrected chi connectivity index (χ1v) is 9.27. The van der Waals surface area contributed by atoms with Gasteiger partial charge in [-0.05, 0) is 52.7 Å². The van der Waals surface area contributed by atoms with Crippen molar-refractivity contribution in [2.75, 3.05) is 6.61 Å². The number of halogens is 3. The van der Waals surface area contributed by atoms with Crippen LogP contribution in [0.3, 0.4) is 0 Å². The van der Waals surface area contributed by atoms with Gasteiger partial charge in [-0.1, -0.05) is 27.5 Å². The van der Waals surface area contributed by atoms with E-state index >= 15 is 0 Å². The number of rotatable bonds is 5. The Bertz CT molecular complexity index is 900. The molecule has 11 heteroatoms. The number of ether oxygens (including phenoxy) is 1. The maximum absolute atomic E-state index is 12.0. The van der Waals surface area contributed by atoms with E-state index in [9.17, 15) is 19.7 Å². The number of carbonyl (C=O) groups is 2. The van der Waals surface area contributed by atoms with Gasteiger partial charge in [-0.2, -0.15) is 0 Å². The molecule has 142 valence electrons. The zero-order chi connectivity index (χ0) is 20.1. The number of hydrazine groups is 1. The quantitative estimate of drug-likeness (QED) is 0.458. The van der Waals surface area contributed by atoms with Crippen molar-refractivity contribution in [1.29, 1.82) is 0 Å². The van der Waals surface area contributed by atoms with Crippen LogP contribution in [0.2, 0.25) is 5.02 Å². The molecular weight excluding hydrogens is 509 g/mol. The number of benzene rings is 2. The number of aryl methyl sites for hydroxylation is 1. The van der Waals surface area contributed by atoms with Crippen LogP contribution < -0.4 is 15.6 Å². The van der Waals surface area contributed by atoms with Gasteiger partial charge in [-0.15, -0.1) is 0 Å². The van der Waals surface area contributed by atoms with Gasteiger partial charge in [-0.25, -0.2) is 0 Å². The summed E-state index contributed by atoms with van der Waals surface area (Å²) in [6.45, 7) is 1.47. The van der Waals surface area contributed by atoms with Crippen LogP contribution in [-0.2, 0) is 4.79 Å². The molecule has 27 heavy (non-hydrogen) atoms. The molecule has 2 amide bonds. The van der Waals surface area contributed by atoms with E-state index in [1.165, 1.54) is 12.1 Å². The Balaban J connectivity index is 1.93. The van der Waals surface area contributed by atoms with Crippen molar-refractivity contribution in [3.63, 3.8) is 0 Å². The molecule has 2 aromatic rings. The van der Waals surface area contributed by atoms with E-state index in [1.807, 2.05) is 13.0 Å². The number of carbonyl (C=O) groups excluding carboxylic acids is 2. The molecule has 0 bridgehead atoms. The summed E-state index contributed by atoms with van der Waals surface area (Å²) < 4.78 is 6.97. The largest absolute Gasteiger partial charge is 0.482 e. The molecular formula is C16H12Br2ClN3O5. The fourth-order valence-corrected chi connectivity index (χ4v) is 3.78. The summed E-state index contributed by atoms with van der Waals surface area (Å²) in [4.78, 5) is 34.0. The standard InChI is InChI=1S/C16H12Br2ClN3O5/c1-8-4-10(17)6-11(18)15(8)27-7-14(23)20-21-16(24)9-2-3-12(19)13(5-9)22(25)26/h2-6H,7H2,1H3,(H,20,23)(H,21,24). The van der Waals surface area contributed by atoms with Gasteiger partial charge in [0.05, 0.1) is 9.40 Å². The summed E-state index contributed by atoms with van der Waals surface area (Å²) in [7, 11) is 0. The predicted octanol–water partition coefficient (Wildman–Crippen LogP) is 3.92. The number of hydrogen-bond donors (Lipinski definition) is 2. The van der Waals surface area contributed by atoms with E-state index in [1.54, 1.807) is 6.07 Å². The zero-order valence-corrected chi connectivity index (χ0v) is 17.6. The summed E-state index contributed by atoms with van der Waals surface area (Å²) in [6.07, 6.45) is 0. The van der Waals surface area contributed by atoms with Crippen molar-refractivity contribution in [2.24, 2.45) is 0 Å². The first kappa shape index (κ1) is 21.1. The van der Waals surface area contributed by atoms with Gasteiger partial charge in [0, 0.05) is 16.1 Å². The van der Waals surface area contributed by atoms with Crippen LogP contribution in [0.15, 0.2) is 39.3 Å². The average molecular weight is 522 g/mol. The van der Waals surface area contributed by atoms with E-state index in [0.717, 1.165) is 16.1 Å². The molecule has 0 saturated carbocycles. The molecule has 0 atom stereocenters. The number of hydrogen-bond acceptors (Lipinski definition) is 5. The third-order valence-corrected chi connectivity index (χ3v) is 4.63.